The summed E-state index contributed by atoms with van der Waals surface area (Å²) >= 11 is 0. The first-order valence-electron chi connectivity index (χ1n) is 14.9. The number of benzene rings is 3. The van der Waals surface area contributed by atoms with Gasteiger partial charge in [0.15, 0.2) is 0 Å². The Morgan fingerprint density at radius 1 is 0.956 bits per heavy atom. The standard InChI is InChI=1S/C35H37FN2O7/c1-44-27-14-15-28(29(20-27)45-2)37-35(43)32-31(21-6-4-3-5-7-21)33(23-10-12-24(36)13-11-23)38(34(32)22-8-9-22)17-16-25(39)18-26(40)19-30(41)42/h3-7,10-15,20,22,25-26,39-40H,8-9,16-19H2,1-2H3,(H,37,43)(H,41,42)/t25-,26-/m1/s1. The number of aliphatic hydroxyl groups is 2. The molecule has 4 aromatic rings. The summed E-state index contributed by atoms with van der Waals surface area (Å²) in [5.74, 6) is -0.809. The fourth-order valence-electron chi connectivity index (χ4n) is 5.76. The molecule has 0 saturated heterocycles. The molecule has 2 atom stereocenters. The van der Waals surface area contributed by atoms with Gasteiger partial charge in [-0.25, -0.2) is 4.39 Å². The maximum absolute atomic E-state index is 14.4. The van der Waals surface area contributed by atoms with Crippen LogP contribution in [-0.4, -0.2) is 58.2 Å². The molecule has 0 aliphatic heterocycles. The summed E-state index contributed by atoms with van der Waals surface area (Å²) < 4.78 is 27.0. The summed E-state index contributed by atoms with van der Waals surface area (Å²) in [6.45, 7) is 0.276. The Kier molecular flexibility index (Phi) is 9.85. The number of aliphatic hydroxyl groups excluding tert-OH is 2. The molecule has 0 unspecified atom stereocenters. The van der Waals surface area contributed by atoms with Crippen LogP contribution in [0.2, 0.25) is 0 Å². The number of anilines is 1. The molecule has 4 N–H and O–H groups in total. The lowest BCUT2D eigenvalue weighted by Gasteiger charge is -2.19. The minimum absolute atomic E-state index is 0.0786. The summed E-state index contributed by atoms with van der Waals surface area (Å²) in [7, 11) is 3.06. The van der Waals surface area contributed by atoms with Gasteiger partial charge in [0, 0.05) is 29.8 Å². The number of carbonyl (C=O) groups excluding carboxylic acids is 1. The molecule has 0 spiro atoms. The molecular formula is C35H37FN2O7. The van der Waals surface area contributed by atoms with Crippen LogP contribution in [0.15, 0.2) is 72.8 Å². The topological polar surface area (TPSA) is 130 Å². The predicted molar refractivity (Wildman–Crippen MR) is 168 cm³/mol. The van der Waals surface area contributed by atoms with Crippen LogP contribution in [-0.2, 0) is 11.3 Å². The predicted octanol–water partition coefficient (Wildman–Crippen LogP) is 6.08. The van der Waals surface area contributed by atoms with Crippen molar-refractivity contribution in [2.45, 2.75) is 56.8 Å². The molecule has 1 saturated carbocycles. The second kappa shape index (κ2) is 14.0. The van der Waals surface area contributed by atoms with Crippen LogP contribution < -0.4 is 14.8 Å². The lowest BCUT2D eigenvalue weighted by Crippen LogP contribution is -2.22. The number of rotatable bonds is 14. The maximum Gasteiger partial charge on any atom is 0.305 e. The number of methoxy groups -OCH3 is 2. The number of carbonyl (C=O) groups is 2. The lowest BCUT2D eigenvalue weighted by molar-refractivity contribution is -0.139. The first-order chi connectivity index (χ1) is 21.7. The molecule has 1 fully saturated rings. The third-order valence-corrected chi connectivity index (χ3v) is 7.97. The van der Waals surface area contributed by atoms with Gasteiger partial charge in [0.05, 0.1) is 49.8 Å². The van der Waals surface area contributed by atoms with E-state index >= 15 is 0 Å². The van der Waals surface area contributed by atoms with E-state index in [1.54, 1.807) is 37.4 Å². The summed E-state index contributed by atoms with van der Waals surface area (Å²) in [4.78, 5) is 25.5. The average molecular weight is 617 g/mol. The minimum Gasteiger partial charge on any atom is -0.497 e. The number of nitrogens with zero attached hydrogens (tertiary/aromatic N) is 1. The number of aliphatic carboxylic acids is 1. The summed E-state index contributed by atoms with van der Waals surface area (Å²) in [6, 6.07) is 20.7. The molecule has 236 valence electrons. The van der Waals surface area contributed by atoms with Gasteiger partial charge in [-0.2, -0.15) is 0 Å². The maximum atomic E-state index is 14.4. The van der Waals surface area contributed by atoms with Gasteiger partial charge < -0.3 is 34.7 Å². The quantitative estimate of drug-likeness (QED) is 0.135. The zero-order valence-corrected chi connectivity index (χ0v) is 25.2. The highest BCUT2D eigenvalue weighted by Gasteiger charge is 2.37. The van der Waals surface area contributed by atoms with Crippen molar-refractivity contribution < 1.29 is 38.8 Å². The van der Waals surface area contributed by atoms with Crippen molar-refractivity contribution in [1.82, 2.24) is 4.57 Å². The number of hydrogen-bond donors (Lipinski definition) is 4. The zero-order chi connectivity index (χ0) is 32.1. The first kappa shape index (κ1) is 31.7. The number of nitrogens with one attached hydrogen (secondary N) is 1. The van der Waals surface area contributed by atoms with Crippen molar-refractivity contribution in [2.24, 2.45) is 0 Å². The minimum atomic E-state index is -1.19. The number of ether oxygens (including phenoxy) is 2. The normalized spacial score (nSPS) is 14.1. The summed E-state index contributed by atoms with van der Waals surface area (Å²) in [5.41, 5.74) is 4.60. The number of halogens is 1. The Labute approximate surface area is 260 Å². The monoisotopic (exact) mass is 616 g/mol. The van der Waals surface area contributed by atoms with Crippen molar-refractivity contribution in [3.63, 3.8) is 0 Å². The number of carboxylic acid groups (broad SMARTS) is 1. The van der Waals surface area contributed by atoms with Gasteiger partial charge in [-0.3, -0.25) is 9.59 Å². The molecular weight excluding hydrogens is 579 g/mol. The average Bonchev–Trinajstić information content (AvgIpc) is 3.81. The van der Waals surface area contributed by atoms with E-state index < -0.39 is 30.4 Å². The van der Waals surface area contributed by atoms with Gasteiger partial charge in [-0.1, -0.05) is 30.3 Å². The molecule has 0 bridgehead atoms. The first-order valence-corrected chi connectivity index (χ1v) is 14.9. The van der Waals surface area contributed by atoms with Gasteiger partial charge in [0.2, 0.25) is 0 Å². The van der Waals surface area contributed by atoms with E-state index in [-0.39, 0.29) is 31.2 Å². The highest BCUT2D eigenvalue weighted by atomic mass is 19.1. The van der Waals surface area contributed by atoms with Gasteiger partial charge in [0.1, 0.15) is 17.3 Å². The smallest absolute Gasteiger partial charge is 0.305 e. The molecule has 3 aromatic carbocycles. The van der Waals surface area contributed by atoms with Crippen molar-refractivity contribution in [3.8, 4) is 33.9 Å². The fourth-order valence-corrected chi connectivity index (χ4v) is 5.76. The van der Waals surface area contributed by atoms with Crippen LogP contribution in [0.5, 0.6) is 11.5 Å². The van der Waals surface area contributed by atoms with E-state index in [2.05, 4.69) is 5.32 Å². The van der Waals surface area contributed by atoms with Gasteiger partial charge >= 0.3 is 5.97 Å². The van der Waals surface area contributed by atoms with Crippen LogP contribution in [0.4, 0.5) is 10.1 Å². The van der Waals surface area contributed by atoms with Gasteiger partial charge in [-0.15, -0.1) is 0 Å². The highest BCUT2D eigenvalue weighted by Crippen LogP contribution is 2.49. The van der Waals surface area contributed by atoms with Gasteiger partial charge in [-0.05, 0) is 73.2 Å². The van der Waals surface area contributed by atoms with E-state index in [1.165, 1.54) is 19.2 Å². The van der Waals surface area contributed by atoms with E-state index in [0.717, 1.165) is 24.1 Å². The van der Waals surface area contributed by atoms with E-state index in [9.17, 15) is 24.2 Å². The van der Waals surface area contributed by atoms with E-state index in [1.807, 2.05) is 34.9 Å². The molecule has 45 heavy (non-hydrogen) atoms. The van der Waals surface area contributed by atoms with Crippen LogP contribution in [0.25, 0.3) is 22.4 Å². The largest absolute Gasteiger partial charge is 0.497 e. The van der Waals surface area contributed by atoms with Crippen LogP contribution in [0.3, 0.4) is 0 Å². The molecule has 5 rings (SSSR count). The zero-order valence-electron chi connectivity index (χ0n) is 25.2. The number of carboxylic acids is 1. The Morgan fingerprint density at radius 2 is 1.67 bits per heavy atom. The van der Waals surface area contributed by atoms with Crippen molar-refractivity contribution in [2.75, 3.05) is 19.5 Å². The molecule has 1 amide bonds. The van der Waals surface area contributed by atoms with Crippen molar-refractivity contribution in [3.05, 3.63) is 89.9 Å². The molecule has 1 aliphatic rings. The third kappa shape index (κ3) is 7.35. The Morgan fingerprint density at radius 3 is 2.29 bits per heavy atom. The van der Waals surface area contributed by atoms with E-state index in [4.69, 9.17) is 14.6 Å². The van der Waals surface area contributed by atoms with Crippen molar-refractivity contribution in [1.29, 1.82) is 0 Å². The molecule has 0 radical (unpaired) electrons. The van der Waals surface area contributed by atoms with Crippen molar-refractivity contribution >= 4 is 17.6 Å². The second-order valence-electron chi connectivity index (χ2n) is 11.2. The molecule has 1 aliphatic carbocycles. The summed E-state index contributed by atoms with van der Waals surface area (Å²) in [5, 5.41) is 33.0. The van der Waals surface area contributed by atoms with Crippen LogP contribution in [0.1, 0.15) is 54.1 Å². The van der Waals surface area contributed by atoms with Gasteiger partial charge in [0.25, 0.3) is 5.91 Å². The Bertz CT molecular complexity index is 1650. The molecule has 9 nitrogen and oxygen atoms in total. The number of hydrogen-bond acceptors (Lipinski definition) is 6. The fraction of sp³-hybridized carbons (Fsp3) is 0.314. The highest BCUT2D eigenvalue weighted by molar-refractivity contribution is 6.13. The SMILES string of the molecule is COc1ccc(NC(=O)c2c(-c3ccccc3)c(-c3ccc(F)cc3)n(CC[C@@H](O)C[C@@H](O)CC(=O)O)c2C2CC2)c(OC)c1. The number of aromatic nitrogens is 1. The van der Waals surface area contributed by atoms with Crippen LogP contribution >= 0.6 is 0 Å². The molecule has 10 heteroatoms. The van der Waals surface area contributed by atoms with E-state index in [0.29, 0.717) is 39.6 Å². The third-order valence-electron chi connectivity index (χ3n) is 7.97. The molecule has 1 heterocycles. The molecule has 1 aromatic heterocycles. The number of amides is 1. The second-order valence-corrected chi connectivity index (χ2v) is 11.2. The Hall–Kier alpha value is -4.67. The summed E-state index contributed by atoms with van der Waals surface area (Å²) in [6.07, 6.45) is -0.820. The Balaban J connectivity index is 1.66. The van der Waals surface area contributed by atoms with Crippen LogP contribution in [0, 0.1) is 5.82 Å². The lowest BCUT2D eigenvalue weighted by atomic mass is 9.95.